The van der Waals surface area contributed by atoms with Crippen molar-refractivity contribution in [3.63, 3.8) is 0 Å². The van der Waals surface area contributed by atoms with Gasteiger partial charge in [0.2, 0.25) is 0 Å². The second kappa shape index (κ2) is 6.26. The minimum atomic E-state index is -0.922. The smallest absolute Gasteiger partial charge is 0.356 e. The van der Waals surface area contributed by atoms with Gasteiger partial charge in [0.05, 0.1) is 0 Å². The number of thiazole rings is 1. The van der Waals surface area contributed by atoms with E-state index in [0.29, 0.717) is 11.7 Å². The van der Waals surface area contributed by atoms with Crippen LogP contribution < -0.4 is 4.90 Å². The number of carboxylic acids is 1. The maximum Gasteiger partial charge on any atom is 0.356 e. The Morgan fingerprint density at radius 3 is 2.70 bits per heavy atom. The number of fused-ring (bicyclic) bond motifs is 1. The monoisotopic (exact) mass is 295 g/mol. The van der Waals surface area contributed by atoms with Crippen molar-refractivity contribution < 1.29 is 9.90 Å². The van der Waals surface area contributed by atoms with Gasteiger partial charge >= 0.3 is 5.97 Å². The molecule has 0 saturated heterocycles. The average Bonchev–Trinajstić information content (AvgIpc) is 3.00. The summed E-state index contributed by atoms with van der Waals surface area (Å²) in [5, 5.41) is 11.3. The molecular weight excluding hydrogens is 274 g/mol. The molecule has 0 aliphatic heterocycles. The molecule has 1 N–H and O–H groups in total. The first-order valence-electron chi connectivity index (χ1n) is 7.06. The Kier molecular flexibility index (Phi) is 4.65. The third-order valence-electron chi connectivity index (χ3n) is 3.76. The minimum absolute atomic E-state index is 0.272. The Balaban J connectivity index is 2.40. The molecule has 0 radical (unpaired) electrons. The van der Waals surface area contributed by atoms with E-state index in [1.807, 2.05) is 12.3 Å². The summed E-state index contributed by atoms with van der Waals surface area (Å²) in [6, 6.07) is 0. The van der Waals surface area contributed by atoms with Crippen LogP contribution in [0.15, 0.2) is 11.6 Å². The second-order valence-electron chi connectivity index (χ2n) is 4.87. The van der Waals surface area contributed by atoms with Gasteiger partial charge in [0.15, 0.2) is 16.5 Å². The van der Waals surface area contributed by atoms with Crippen molar-refractivity contribution in [3.05, 3.63) is 17.3 Å². The highest BCUT2D eigenvalue weighted by atomic mass is 32.1. The Labute approximate surface area is 122 Å². The molecule has 20 heavy (non-hydrogen) atoms. The highest BCUT2D eigenvalue weighted by molar-refractivity contribution is 7.15. The van der Waals surface area contributed by atoms with Crippen LogP contribution in [0.5, 0.6) is 0 Å². The molecule has 0 aliphatic rings. The number of hydrogen-bond acceptors (Lipinski definition) is 4. The fourth-order valence-electron chi connectivity index (χ4n) is 2.42. The van der Waals surface area contributed by atoms with Gasteiger partial charge < -0.3 is 10.0 Å². The van der Waals surface area contributed by atoms with Gasteiger partial charge in [-0.1, -0.05) is 26.7 Å². The number of aromatic carboxylic acids is 1. The van der Waals surface area contributed by atoms with Crippen molar-refractivity contribution in [2.45, 2.75) is 33.6 Å². The third-order valence-corrected chi connectivity index (χ3v) is 4.52. The zero-order valence-electron chi connectivity index (χ0n) is 12.2. The van der Waals surface area contributed by atoms with Crippen LogP contribution in [0.4, 0.5) is 5.82 Å². The SMILES string of the molecule is CCC(CC)CN(CC)c1nc2sccn2c1C(=O)O. The van der Waals surface area contributed by atoms with Crippen LogP contribution in [0, 0.1) is 5.92 Å². The predicted molar refractivity (Wildman–Crippen MR) is 82.0 cm³/mol. The molecule has 0 amide bonds. The number of rotatable bonds is 7. The Morgan fingerprint density at radius 1 is 1.45 bits per heavy atom. The number of imidazole rings is 1. The van der Waals surface area contributed by atoms with Gasteiger partial charge in [0, 0.05) is 24.7 Å². The topological polar surface area (TPSA) is 57.8 Å². The molecule has 2 aromatic heterocycles. The molecular formula is C14H21N3O2S. The molecule has 0 aliphatic carbocycles. The lowest BCUT2D eigenvalue weighted by Crippen LogP contribution is -2.30. The summed E-state index contributed by atoms with van der Waals surface area (Å²) in [5.74, 6) is 0.240. The summed E-state index contributed by atoms with van der Waals surface area (Å²) in [7, 11) is 0. The standard InChI is InChI=1S/C14H21N3O2S/c1-4-10(5-2)9-16(6-3)12-11(13(18)19)17-7-8-20-14(17)15-12/h7-8,10H,4-6,9H2,1-3H3,(H,18,19). The number of anilines is 1. The van der Waals surface area contributed by atoms with E-state index >= 15 is 0 Å². The van der Waals surface area contributed by atoms with Crippen LogP contribution in [-0.4, -0.2) is 33.6 Å². The van der Waals surface area contributed by atoms with Gasteiger partial charge in [0.1, 0.15) is 0 Å². The van der Waals surface area contributed by atoms with E-state index in [2.05, 4.69) is 23.7 Å². The minimum Gasteiger partial charge on any atom is -0.476 e. The highest BCUT2D eigenvalue weighted by Crippen LogP contribution is 2.26. The number of hydrogen-bond donors (Lipinski definition) is 1. The molecule has 2 aromatic rings. The molecule has 0 aromatic carbocycles. The van der Waals surface area contributed by atoms with Crippen molar-refractivity contribution in [1.29, 1.82) is 0 Å². The lowest BCUT2D eigenvalue weighted by molar-refractivity contribution is 0.0690. The first kappa shape index (κ1) is 14.8. The van der Waals surface area contributed by atoms with E-state index in [1.165, 1.54) is 11.3 Å². The second-order valence-corrected chi connectivity index (χ2v) is 5.74. The predicted octanol–water partition coefficient (Wildman–Crippen LogP) is 3.36. The lowest BCUT2D eigenvalue weighted by Gasteiger charge is -2.25. The summed E-state index contributed by atoms with van der Waals surface area (Å²) in [6.07, 6.45) is 3.96. The van der Waals surface area contributed by atoms with Crippen LogP contribution in [0.3, 0.4) is 0 Å². The number of carboxylic acid groups (broad SMARTS) is 1. The molecule has 0 spiro atoms. The molecule has 0 fully saturated rings. The van der Waals surface area contributed by atoms with Crippen LogP contribution in [0.25, 0.3) is 4.96 Å². The summed E-state index contributed by atoms with van der Waals surface area (Å²) < 4.78 is 1.66. The van der Waals surface area contributed by atoms with Crippen molar-refractivity contribution in [3.8, 4) is 0 Å². The number of carbonyl (C=O) groups is 1. The Morgan fingerprint density at radius 2 is 2.15 bits per heavy atom. The summed E-state index contributed by atoms with van der Waals surface area (Å²) in [6.45, 7) is 8.01. The molecule has 0 bridgehead atoms. The fourth-order valence-corrected chi connectivity index (χ4v) is 3.13. The van der Waals surface area contributed by atoms with Gasteiger partial charge in [-0.3, -0.25) is 4.40 Å². The average molecular weight is 295 g/mol. The van der Waals surface area contributed by atoms with Gasteiger partial charge in [0.25, 0.3) is 0 Å². The third kappa shape index (κ3) is 2.65. The van der Waals surface area contributed by atoms with E-state index < -0.39 is 5.97 Å². The largest absolute Gasteiger partial charge is 0.476 e. The van der Waals surface area contributed by atoms with Gasteiger partial charge in [-0.2, -0.15) is 0 Å². The summed E-state index contributed by atoms with van der Waals surface area (Å²) in [5.41, 5.74) is 0.272. The molecule has 5 nitrogen and oxygen atoms in total. The van der Waals surface area contributed by atoms with Crippen LogP contribution >= 0.6 is 11.3 Å². The molecule has 2 heterocycles. The zero-order valence-corrected chi connectivity index (χ0v) is 13.0. The van der Waals surface area contributed by atoms with Crippen molar-refractivity contribution in [2.24, 2.45) is 5.92 Å². The Bertz CT molecular complexity index is 586. The lowest BCUT2D eigenvalue weighted by atomic mass is 10.0. The quantitative estimate of drug-likeness (QED) is 0.851. The van der Waals surface area contributed by atoms with E-state index in [4.69, 9.17) is 0 Å². The van der Waals surface area contributed by atoms with Crippen molar-refractivity contribution in [2.75, 3.05) is 18.0 Å². The first-order chi connectivity index (χ1) is 9.62. The molecule has 6 heteroatoms. The summed E-state index contributed by atoms with van der Waals surface area (Å²) >= 11 is 1.46. The van der Waals surface area contributed by atoms with Gasteiger partial charge in [-0.05, 0) is 12.8 Å². The highest BCUT2D eigenvalue weighted by Gasteiger charge is 2.24. The maximum atomic E-state index is 11.6. The summed E-state index contributed by atoms with van der Waals surface area (Å²) in [4.78, 5) is 18.9. The van der Waals surface area contributed by atoms with E-state index in [1.54, 1.807) is 10.6 Å². The first-order valence-corrected chi connectivity index (χ1v) is 7.94. The van der Waals surface area contributed by atoms with E-state index in [-0.39, 0.29) is 5.69 Å². The normalized spacial score (nSPS) is 11.4. The zero-order chi connectivity index (χ0) is 14.7. The van der Waals surface area contributed by atoms with Gasteiger partial charge in [-0.25, -0.2) is 9.78 Å². The maximum absolute atomic E-state index is 11.6. The van der Waals surface area contributed by atoms with E-state index in [0.717, 1.165) is 30.9 Å². The fraction of sp³-hybridized carbons (Fsp3) is 0.571. The van der Waals surface area contributed by atoms with Gasteiger partial charge in [-0.15, -0.1) is 11.3 Å². The Hall–Kier alpha value is -1.56. The van der Waals surface area contributed by atoms with Crippen molar-refractivity contribution >= 4 is 28.1 Å². The van der Waals surface area contributed by atoms with E-state index in [9.17, 15) is 9.90 Å². The number of nitrogens with zero attached hydrogens (tertiary/aromatic N) is 3. The molecule has 110 valence electrons. The molecule has 2 rings (SSSR count). The van der Waals surface area contributed by atoms with Crippen LogP contribution in [0.2, 0.25) is 0 Å². The molecule has 0 atom stereocenters. The molecule has 0 unspecified atom stereocenters. The van der Waals surface area contributed by atoms with Crippen LogP contribution in [-0.2, 0) is 0 Å². The number of aromatic nitrogens is 2. The van der Waals surface area contributed by atoms with Crippen LogP contribution in [0.1, 0.15) is 44.1 Å². The molecule has 0 saturated carbocycles. The van der Waals surface area contributed by atoms with Crippen molar-refractivity contribution in [1.82, 2.24) is 9.38 Å².